The molecule has 0 spiro atoms. The summed E-state index contributed by atoms with van der Waals surface area (Å²) in [5.41, 5.74) is 6.91. The Morgan fingerprint density at radius 1 is 1.38 bits per heavy atom. The van der Waals surface area contributed by atoms with Gasteiger partial charge in [0.15, 0.2) is 0 Å². The molecule has 1 aromatic heterocycles. The summed E-state index contributed by atoms with van der Waals surface area (Å²) >= 11 is 0. The van der Waals surface area contributed by atoms with Crippen molar-refractivity contribution in [3.05, 3.63) is 11.8 Å². The van der Waals surface area contributed by atoms with Crippen LogP contribution in [0.4, 0.5) is 5.82 Å². The molecule has 74 valence electrons. The molecule has 0 aliphatic heterocycles. The molecule has 0 saturated carbocycles. The third-order valence-electron chi connectivity index (χ3n) is 2.48. The molecule has 3 heteroatoms. The average Bonchev–Trinajstić information content (AvgIpc) is 2.49. The smallest absolute Gasteiger partial charge is 0.145 e. The molecule has 0 radical (unpaired) electrons. The lowest BCUT2D eigenvalue weighted by Crippen LogP contribution is -2.11. The maximum atomic E-state index is 5.67. The van der Waals surface area contributed by atoms with Gasteiger partial charge in [-0.25, -0.2) is 0 Å². The average molecular weight is 181 g/mol. The van der Waals surface area contributed by atoms with Crippen LogP contribution in [0.2, 0.25) is 0 Å². The van der Waals surface area contributed by atoms with E-state index in [4.69, 9.17) is 5.73 Å². The fourth-order valence-electron chi connectivity index (χ4n) is 1.67. The molecule has 0 bridgehead atoms. The molecule has 0 fully saturated rings. The van der Waals surface area contributed by atoms with Gasteiger partial charge in [-0.2, -0.15) is 5.10 Å². The van der Waals surface area contributed by atoms with Crippen molar-refractivity contribution in [1.82, 2.24) is 9.78 Å². The predicted molar refractivity (Wildman–Crippen MR) is 55.6 cm³/mol. The van der Waals surface area contributed by atoms with Gasteiger partial charge in [-0.3, -0.25) is 4.68 Å². The van der Waals surface area contributed by atoms with Crippen LogP contribution >= 0.6 is 0 Å². The molecule has 13 heavy (non-hydrogen) atoms. The predicted octanol–water partition coefficient (Wildman–Crippen LogP) is 2.39. The first kappa shape index (κ1) is 10.1. The van der Waals surface area contributed by atoms with Crippen LogP contribution in [0.1, 0.15) is 45.3 Å². The highest BCUT2D eigenvalue weighted by atomic mass is 15.3. The van der Waals surface area contributed by atoms with Crippen molar-refractivity contribution in [1.29, 1.82) is 0 Å². The maximum absolute atomic E-state index is 5.67. The molecular weight excluding hydrogens is 162 g/mol. The second-order valence-corrected chi connectivity index (χ2v) is 3.33. The minimum absolute atomic E-state index is 0.507. The Hall–Kier alpha value is -0.990. The normalized spacial score (nSPS) is 11.1. The Balaban J connectivity index is 2.96. The minimum Gasteiger partial charge on any atom is -0.382 e. The standard InChI is InChI=1S/C10H19N3/c1-4-8(5-2)13-9(6-3)7-10(11)12-13/h7-8H,4-6H2,1-3H3,(H2,11,12). The first-order valence-electron chi connectivity index (χ1n) is 5.06. The van der Waals surface area contributed by atoms with Crippen LogP contribution in [0.25, 0.3) is 0 Å². The van der Waals surface area contributed by atoms with E-state index >= 15 is 0 Å². The number of hydrogen-bond acceptors (Lipinski definition) is 2. The van der Waals surface area contributed by atoms with Gasteiger partial charge in [0.25, 0.3) is 0 Å². The lowest BCUT2D eigenvalue weighted by molar-refractivity contribution is 0.417. The van der Waals surface area contributed by atoms with E-state index in [2.05, 4.69) is 30.6 Å². The van der Waals surface area contributed by atoms with Crippen LogP contribution in [0.15, 0.2) is 6.07 Å². The van der Waals surface area contributed by atoms with E-state index in [1.54, 1.807) is 0 Å². The van der Waals surface area contributed by atoms with Gasteiger partial charge in [-0.1, -0.05) is 20.8 Å². The number of anilines is 1. The van der Waals surface area contributed by atoms with Gasteiger partial charge in [-0.05, 0) is 19.3 Å². The summed E-state index contributed by atoms with van der Waals surface area (Å²) in [6, 6.07) is 2.48. The monoisotopic (exact) mass is 181 g/mol. The summed E-state index contributed by atoms with van der Waals surface area (Å²) in [6.07, 6.45) is 3.23. The SMILES string of the molecule is CCc1cc(N)nn1C(CC)CC. The molecule has 0 unspecified atom stereocenters. The van der Waals surface area contributed by atoms with E-state index in [1.807, 2.05) is 6.07 Å². The van der Waals surface area contributed by atoms with Gasteiger partial charge in [0.2, 0.25) is 0 Å². The number of hydrogen-bond donors (Lipinski definition) is 1. The molecule has 0 aliphatic carbocycles. The summed E-state index contributed by atoms with van der Waals surface area (Å²) < 4.78 is 2.08. The quantitative estimate of drug-likeness (QED) is 0.775. The molecule has 3 nitrogen and oxygen atoms in total. The Morgan fingerprint density at radius 3 is 2.46 bits per heavy atom. The summed E-state index contributed by atoms with van der Waals surface area (Å²) in [5.74, 6) is 0.642. The van der Waals surface area contributed by atoms with Crippen LogP contribution in [0.5, 0.6) is 0 Å². The number of rotatable bonds is 4. The minimum atomic E-state index is 0.507. The van der Waals surface area contributed by atoms with Crippen LogP contribution in [-0.2, 0) is 6.42 Å². The second-order valence-electron chi connectivity index (χ2n) is 3.33. The third kappa shape index (κ3) is 2.02. The van der Waals surface area contributed by atoms with Gasteiger partial charge in [0.1, 0.15) is 5.82 Å². The van der Waals surface area contributed by atoms with Gasteiger partial charge in [0.05, 0.1) is 6.04 Å². The highest BCUT2D eigenvalue weighted by molar-refractivity contribution is 5.29. The molecule has 0 amide bonds. The molecule has 0 atom stereocenters. The Labute approximate surface area is 79.9 Å². The molecule has 1 heterocycles. The van der Waals surface area contributed by atoms with Crippen LogP contribution in [0.3, 0.4) is 0 Å². The zero-order chi connectivity index (χ0) is 9.84. The second kappa shape index (κ2) is 4.30. The van der Waals surface area contributed by atoms with E-state index in [1.165, 1.54) is 5.69 Å². The van der Waals surface area contributed by atoms with Crippen molar-refractivity contribution in [2.75, 3.05) is 5.73 Å². The molecule has 0 aliphatic rings. The highest BCUT2D eigenvalue weighted by Gasteiger charge is 2.11. The summed E-state index contributed by atoms with van der Waals surface area (Å²) in [5, 5.41) is 4.32. The lowest BCUT2D eigenvalue weighted by atomic mass is 10.1. The van der Waals surface area contributed by atoms with E-state index in [9.17, 15) is 0 Å². The molecule has 0 aromatic carbocycles. The first-order chi connectivity index (χ1) is 6.22. The van der Waals surface area contributed by atoms with Crippen molar-refractivity contribution in [3.8, 4) is 0 Å². The van der Waals surface area contributed by atoms with E-state index in [-0.39, 0.29) is 0 Å². The number of aryl methyl sites for hydroxylation is 1. The number of aromatic nitrogens is 2. The van der Waals surface area contributed by atoms with Crippen molar-refractivity contribution >= 4 is 5.82 Å². The van der Waals surface area contributed by atoms with Gasteiger partial charge >= 0.3 is 0 Å². The molecule has 0 saturated heterocycles. The lowest BCUT2D eigenvalue weighted by Gasteiger charge is -2.15. The van der Waals surface area contributed by atoms with E-state index < -0.39 is 0 Å². The van der Waals surface area contributed by atoms with Crippen LogP contribution in [0, 0.1) is 0 Å². The largest absolute Gasteiger partial charge is 0.382 e. The summed E-state index contributed by atoms with van der Waals surface area (Å²) in [4.78, 5) is 0. The van der Waals surface area contributed by atoms with Crippen molar-refractivity contribution in [3.63, 3.8) is 0 Å². The summed E-state index contributed by atoms with van der Waals surface area (Å²) in [7, 11) is 0. The molecule has 2 N–H and O–H groups in total. The number of nitrogens with zero attached hydrogens (tertiary/aromatic N) is 2. The summed E-state index contributed by atoms with van der Waals surface area (Å²) in [6.45, 7) is 6.51. The van der Waals surface area contributed by atoms with Gasteiger partial charge in [-0.15, -0.1) is 0 Å². The fraction of sp³-hybridized carbons (Fsp3) is 0.700. The highest BCUT2D eigenvalue weighted by Crippen LogP contribution is 2.19. The van der Waals surface area contributed by atoms with Crippen LogP contribution in [-0.4, -0.2) is 9.78 Å². The zero-order valence-corrected chi connectivity index (χ0v) is 8.75. The Kier molecular flexibility index (Phi) is 3.34. The van der Waals surface area contributed by atoms with Gasteiger partial charge in [0, 0.05) is 11.8 Å². The Morgan fingerprint density at radius 2 is 2.00 bits per heavy atom. The van der Waals surface area contributed by atoms with Crippen LogP contribution < -0.4 is 5.73 Å². The fourth-order valence-corrected chi connectivity index (χ4v) is 1.67. The van der Waals surface area contributed by atoms with Crippen molar-refractivity contribution in [2.45, 2.75) is 46.1 Å². The topological polar surface area (TPSA) is 43.8 Å². The number of nitrogens with two attached hydrogens (primary N) is 1. The van der Waals surface area contributed by atoms with Crippen molar-refractivity contribution in [2.24, 2.45) is 0 Å². The Bertz CT molecular complexity index is 261. The van der Waals surface area contributed by atoms with E-state index in [0.29, 0.717) is 11.9 Å². The maximum Gasteiger partial charge on any atom is 0.145 e. The van der Waals surface area contributed by atoms with Gasteiger partial charge < -0.3 is 5.73 Å². The molecular formula is C10H19N3. The van der Waals surface area contributed by atoms with E-state index in [0.717, 1.165) is 19.3 Å². The first-order valence-corrected chi connectivity index (χ1v) is 5.06. The molecule has 1 rings (SSSR count). The zero-order valence-electron chi connectivity index (χ0n) is 8.75. The molecule has 1 aromatic rings. The number of nitrogen functional groups attached to an aromatic ring is 1. The third-order valence-corrected chi connectivity index (χ3v) is 2.48. The van der Waals surface area contributed by atoms with Crippen molar-refractivity contribution < 1.29 is 0 Å².